The summed E-state index contributed by atoms with van der Waals surface area (Å²) in [5, 5.41) is 19.4. The second-order valence-corrected chi connectivity index (χ2v) is 17.8. The van der Waals surface area contributed by atoms with Crippen LogP contribution in [0.15, 0.2) is 109 Å². The van der Waals surface area contributed by atoms with Gasteiger partial charge in [0, 0.05) is 30.4 Å². The molecule has 0 aliphatic heterocycles. The van der Waals surface area contributed by atoms with E-state index in [1.165, 1.54) is 31.0 Å². The van der Waals surface area contributed by atoms with Crippen LogP contribution in [-0.4, -0.2) is 88.6 Å². The number of rotatable bonds is 42. The molecule has 0 amide bonds. The Bertz CT molecular complexity index is 1560. The van der Waals surface area contributed by atoms with Crippen molar-refractivity contribution in [3.05, 3.63) is 109 Å². The summed E-state index contributed by atoms with van der Waals surface area (Å²) in [6, 6.07) is -1.20. The Labute approximate surface area is 394 Å². The molecule has 0 bridgehead atoms. The fraction of sp³-hybridized carbons (Fsp3) is 0.580. The molecule has 0 fully saturated rings. The topological polar surface area (TPSA) is 218 Å². The number of nitrogens with two attached hydrogens (primary N) is 2. The van der Waals surface area contributed by atoms with E-state index in [0.717, 1.165) is 64.2 Å². The van der Waals surface area contributed by atoms with Gasteiger partial charge in [-0.1, -0.05) is 142 Å². The lowest BCUT2D eigenvalue weighted by Crippen LogP contribution is -2.40. The number of aliphatic hydroxyl groups excluding tert-OH is 1. The van der Waals surface area contributed by atoms with Crippen LogP contribution in [-0.2, 0) is 37.5 Å². The molecule has 368 valence electrons. The van der Waals surface area contributed by atoms with Gasteiger partial charge >= 0.3 is 25.7 Å². The van der Waals surface area contributed by atoms with E-state index >= 15 is 0 Å². The summed E-state index contributed by atoms with van der Waals surface area (Å²) < 4.78 is 32.9. The maximum Gasteiger partial charge on any atom is 0.472 e. The van der Waals surface area contributed by atoms with Gasteiger partial charge in [-0.05, 0) is 83.5 Å². The minimum atomic E-state index is -4.56. The molecule has 13 nitrogen and oxygen atoms in total. The van der Waals surface area contributed by atoms with Gasteiger partial charge in [-0.3, -0.25) is 23.4 Å². The molecule has 65 heavy (non-hydrogen) atoms. The Morgan fingerprint density at radius 1 is 0.692 bits per heavy atom. The van der Waals surface area contributed by atoms with E-state index < -0.39 is 62.4 Å². The van der Waals surface area contributed by atoms with Crippen molar-refractivity contribution in [2.45, 2.75) is 153 Å². The van der Waals surface area contributed by atoms with Crippen molar-refractivity contribution in [3.8, 4) is 0 Å². The number of hydrogen-bond acceptors (Lipinski definition) is 12. The molecule has 5 atom stereocenters. The van der Waals surface area contributed by atoms with Gasteiger partial charge in [0.25, 0.3) is 0 Å². The quantitative estimate of drug-likeness (QED) is 0.0126. The zero-order valence-electron chi connectivity index (χ0n) is 39.1. The van der Waals surface area contributed by atoms with Gasteiger partial charge in [0.15, 0.2) is 6.10 Å². The van der Waals surface area contributed by atoms with E-state index in [4.69, 9.17) is 35.1 Å². The van der Waals surface area contributed by atoms with Crippen LogP contribution in [0.3, 0.4) is 0 Å². The summed E-state index contributed by atoms with van der Waals surface area (Å²) in [4.78, 5) is 46.8. The number of allylic oxidation sites excluding steroid dienone is 17. The van der Waals surface area contributed by atoms with Gasteiger partial charge in [0.1, 0.15) is 12.6 Å². The summed E-state index contributed by atoms with van der Waals surface area (Å²) in [6.45, 7) is 2.94. The number of carboxylic acids is 1. The van der Waals surface area contributed by atoms with E-state index in [1.54, 1.807) is 12.2 Å². The minimum absolute atomic E-state index is 0.00310. The number of aliphatic carboxylic acids is 1. The summed E-state index contributed by atoms with van der Waals surface area (Å²) in [5.41, 5.74) is 11.6. The number of thioether (sulfide) groups is 1. The van der Waals surface area contributed by atoms with Gasteiger partial charge < -0.3 is 36.0 Å². The van der Waals surface area contributed by atoms with Crippen molar-refractivity contribution in [1.29, 1.82) is 0 Å². The van der Waals surface area contributed by atoms with Crippen LogP contribution in [0, 0.1) is 0 Å². The number of aliphatic hydroxyl groups is 1. The number of carbonyl (C=O) groups excluding carboxylic acids is 2. The molecule has 0 heterocycles. The highest BCUT2D eigenvalue weighted by Gasteiger charge is 2.28. The first-order valence-electron chi connectivity index (χ1n) is 23.3. The fourth-order valence-corrected chi connectivity index (χ4v) is 7.44. The number of phosphoric ester groups is 1. The third-order valence-corrected chi connectivity index (χ3v) is 11.5. The highest BCUT2D eigenvalue weighted by molar-refractivity contribution is 8.00. The van der Waals surface area contributed by atoms with Crippen LogP contribution in [0.2, 0.25) is 0 Å². The smallest absolute Gasteiger partial charge is 0.472 e. The molecule has 0 spiro atoms. The number of phosphoric acid groups is 1. The van der Waals surface area contributed by atoms with Gasteiger partial charge in [0.2, 0.25) is 0 Å². The summed E-state index contributed by atoms with van der Waals surface area (Å²) >= 11 is 1.19. The van der Waals surface area contributed by atoms with Gasteiger partial charge in [0.05, 0.1) is 19.3 Å². The molecular formula is C50H81N2O11PS. The van der Waals surface area contributed by atoms with Gasteiger partial charge in [-0.15, -0.1) is 11.8 Å². The van der Waals surface area contributed by atoms with Crippen molar-refractivity contribution >= 4 is 37.5 Å². The van der Waals surface area contributed by atoms with Crippen molar-refractivity contribution in [2.75, 3.05) is 32.1 Å². The second kappa shape index (κ2) is 44.3. The lowest BCUT2D eigenvalue weighted by atomic mass is 10.1. The first kappa shape index (κ1) is 61.4. The zero-order valence-corrected chi connectivity index (χ0v) is 40.8. The normalized spacial score (nSPS) is 15.5. The highest BCUT2D eigenvalue weighted by atomic mass is 32.2. The van der Waals surface area contributed by atoms with E-state index in [9.17, 15) is 28.9 Å². The summed E-state index contributed by atoms with van der Waals surface area (Å²) in [5.74, 6) is -2.38. The Balaban J connectivity index is 5.08. The van der Waals surface area contributed by atoms with Crippen LogP contribution in [0.25, 0.3) is 0 Å². The number of esters is 2. The van der Waals surface area contributed by atoms with E-state index in [-0.39, 0.29) is 44.6 Å². The second-order valence-electron chi connectivity index (χ2n) is 15.1. The third-order valence-electron chi connectivity index (χ3n) is 9.14. The van der Waals surface area contributed by atoms with Crippen LogP contribution in [0.5, 0.6) is 0 Å². The molecule has 0 radical (unpaired) electrons. The molecular weight excluding hydrogens is 868 g/mol. The maximum atomic E-state index is 13.1. The molecule has 7 N–H and O–H groups in total. The largest absolute Gasteiger partial charge is 0.481 e. The summed E-state index contributed by atoms with van der Waals surface area (Å²) in [7, 11) is -4.56. The first-order valence-corrected chi connectivity index (χ1v) is 25.8. The van der Waals surface area contributed by atoms with Crippen molar-refractivity contribution in [3.63, 3.8) is 0 Å². The lowest BCUT2D eigenvalue weighted by Gasteiger charge is -2.23. The highest BCUT2D eigenvalue weighted by Crippen LogP contribution is 2.43. The van der Waals surface area contributed by atoms with Gasteiger partial charge in [-0.25, -0.2) is 4.57 Å². The Kier molecular flexibility index (Phi) is 41.8. The molecule has 0 aliphatic carbocycles. The van der Waals surface area contributed by atoms with Crippen LogP contribution in [0.1, 0.15) is 129 Å². The number of hydrogen-bond donors (Lipinski definition) is 5. The number of carboxylic acid groups (broad SMARTS) is 1. The molecule has 0 saturated carbocycles. The molecule has 0 aliphatic rings. The molecule has 0 rings (SSSR count). The SMILES string of the molecule is CC/C=C\C/C=C\C/C=C\C/C=C\C/C=C\CCCCCC(=O)OC[C@H](COP(=O)(O)OCCN)OC(=O)[C@@H](N)CS[C@H](/C=C/C=C/C=C\C/C=C\CCCCC)[C@@H](O)CCCC(=O)O. The molecule has 0 aromatic carbocycles. The summed E-state index contributed by atoms with van der Waals surface area (Å²) in [6.07, 6.45) is 48.8. The molecule has 15 heteroatoms. The average Bonchev–Trinajstić information content (AvgIpc) is 3.28. The predicted molar refractivity (Wildman–Crippen MR) is 266 cm³/mol. The van der Waals surface area contributed by atoms with Crippen LogP contribution in [0.4, 0.5) is 0 Å². The standard InChI is InChI=1S/C50H81N2O11PS/c1-3-5-7-9-11-13-15-17-18-19-20-21-22-23-25-27-29-31-33-38-49(56)60-41-44(42-62-64(58,59)61-40-39-51)63-50(57)45(52)43-65-47(46(53)35-34-37-48(54)55)36-32-30-28-26-24-16-14-12-10-8-6-4-2/h5,7,11-14,17-18,20-21,23-26,28,30,32,36,44-47,53H,3-4,6,8-10,15-16,19,22,27,29,31,33-35,37-43,51-52H2,1-2H3,(H,54,55)(H,58,59)/b7-5-,13-11-,14-12-,18-17-,21-20-,25-23-,26-24-,30-28+,36-32+/t44-,45+,46+,47-/m1/s1. The number of carbonyl (C=O) groups is 3. The third kappa shape index (κ3) is 41.6. The zero-order chi connectivity index (χ0) is 48.1. The Hall–Kier alpha value is -3.59. The Morgan fingerprint density at radius 3 is 1.88 bits per heavy atom. The predicted octanol–water partition coefficient (Wildman–Crippen LogP) is 10.5. The monoisotopic (exact) mass is 949 g/mol. The molecule has 0 aromatic heterocycles. The fourth-order valence-electron chi connectivity index (χ4n) is 5.55. The average molecular weight is 949 g/mol. The van der Waals surface area contributed by atoms with Crippen molar-refractivity contribution < 1.29 is 52.6 Å². The number of ether oxygens (including phenoxy) is 2. The molecule has 0 aromatic rings. The lowest BCUT2D eigenvalue weighted by molar-refractivity contribution is -0.161. The Morgan fingerprint density at radius 2 is 1.28 bits per heavy atom. The minimum Gasteiger partial charge on any atom is -0.481 e. The number of unbranched alkanes of at least 4 members (excludes halogenated alkanes) is 6. The maximum absolute atomic E-state index is 13.1. The van der Waals surface area contributed by atoms with E-state index in [0.29, 0.717) is 6.42 Å². The van der Waals surface area contributed by atoms with E-state index in [1.807, 2.05) is 24.3 Å². The van der Waals surface area contributed by atoms with Crippen molar-refractivity contribution in [1.82, 2.24) is 0 Å². The molecule has 1 unspecified atom stereocenters. The van der Waals surface area contributed by atoms with Crippen LogP contribution < -0.4 is 11.5 Å². The van der Waals surface area contributed by atoms with E-state index in [2.05, 4.69) is 86.8 Å². The van der Waals surface area contributed by atoms with Crippen molar-refractivity contribution in [2.24, 2.45) is 11.5 Å². The first-order chi connectivity index (χ1) is 31.4. The van der Waals surface area contributed by atoms with Crippen LogP contribution >= 0.6 is 19.6 Å². The van der Waals surface area contributed by atoms with Gasteiger partial charge in [-0.2, -0.15) is 0 Å². The molecule has 0 saturated heterocycles.